The van der Waals surface area contributed by atoms with Crippen LogP contribution in [0, 0.1) is 5.92 Å². The number of hydrogen-bond acceptors (Lipinski definition) is 2. The van der Waals surface area contributed by atoms with Gasteiger partial charge in [0.15, 0.2) is 12.9 Å². The SMILES string of the molecule is O=P(c1ccccc1)(c1ccccc1)c1ccc(-n2c3c(c4ccc5c(c42)Oc2ccccc2C52c4ccccc4-c4ccccc42)C=CC2C=CC=CC32)cc1. The fraction of sp³-hybridized carbons (Fsp3) is 0.0566. The summed E-state index contributed by atoms with van der Waals surface area (Å²) in [6, 6.07) is 59.3. The molecule has 8 aromatic rings. The average molecular weight is 750 g/mol. The molecule has 0 amide bonds. The van der Waals surface area contributed by atoms with Crippen LogP contribution in [0.3, 0.4) is 0 Å². The molecule has 0 saturated carbocycles. The first-order valence-electron chi connectivity index (χ1n) is 19.7. The van der Waals surface area contributed by atoms with Crippen molar-refractivity contribution in [3.63, 3.8) is 0 Å². The number of fused-ring (bicyclic) bond motifs is 15. The minimum absolute atomic E-state index is 0.134. The van der Waals surface area contributed by atoms with Crippen LogP contribution >= 0.6 is 7.14 Å². The highest BCUT2D eigenvalue weighted by atomic mass is 31.2. The van der Waals surface area contributed by atoms with E-state index in [0.717, 1.165) is 55.1 Å². The van der Waals surface area contributed by atoms with E-state index in [9.17, 15) is 0 Å². The number of aromatic nitrogens is 1. The van der Waals surface area contributed by atoms with E-state index in [4.69, 9.17) is 4.74 Å². The summed E-state index contributed by atoms with van der Waals surface area (Å²) in [5.74, 6) is 2.11. The largest absolute Gasteiger partial charge is 0.454 e. The lowest BCUT2D eigenvalue weighted by molar-refractivity contribution is 0.440. The van der Waals surface area contributed by atoms with Gasteiger partial charge >= 0.3 is 0 Å². The fourth-order valence-corrected chi connectivity index (χ4v) is 13.0. The Kier molecular flexibility index (Phi) is 6.95. The lowest BCUT2D eigenvalue weighted by Gasteiger charge is -2.39. The van der Waals surface area contributed by atoms with E-state index in [2.05, 4.69) is 150 Å². The molecule has 7 aromatic carbocycles. The third kappa shape index (κ3) is 4.35. The molecule has 0 fully saturated rings. The van der Waals surface area contributed by atoms with Gasteiger partial charge in [0, 0.05) is 61.2 Å². The van der Waals surface area contributed by atoms with Crippen molar-refractivity contribution < 1.29 is 9.30 Å². The molecule has 3 nitrogen and oxygen atoms in total. The Hall–Kier alpha value is -6.67. The van der Waals surface area contributed by atoms with Crippen LogP contribution in [0.5, 0.6) is 11.5 Å². The molecule has 1 aromatic heterocycles. The Morgan fingerprint density at radius 2 is 1.11 bits per heavy atom. The van der Waals surface area contributed by atoms with E-state index in [1.54, 1.807) is 0 Å². The maximum Gasteiger partial charge on any atom is 0.171 e. The van der Waals surface area contributed by atoms with Crippen LogP contribution in [-0.2, 0) is 9.98 Å². The first-order chi connectivity index (χ1) is 28.2. The molecule has 57 heavy (non-hydrogen) atoms. The molecule has 1 aliphatic heterocycles. The molecule has 4 aliphatic rings. The molecule has 0 bridgehead atoms. The molecular weight excluding hydrogens is 714 g/mol. The first kappa shape index (κ1) is 32.6. The van der Waals surface area contributed by atoms with E-state index >= 15 is 4.57 Å². The summed E-state index contributed by atoms with van der Waals surface area (Å²) in [6.07, 6.45) is 13.6. The Morgan fingerprint density at radius 1 is 0.526 bits per heavy atom. The topological polar surface area (TPSA) is 31.2 Å². The zero-order valence-electron chi connectivity index (χ0n) is 31.0. The van der Waals surface area contributed by atoms with Crippen LogP contribution in [0.2, 0.25) is 0 Å². The molecule has 1 spiro atoms. The second-order valence-electron chi connectivity index (χ2n) is 15.4. The van der Waals surface area contributed by atoms with Gasteiger partial charge < -0.3 is 13.9 Å². The van der Waals surface area contributed by atoms with Gasteiger partial charge in [-0.05, 0) is 52.6 Å². The van der Waals surface area contributed by atoms with E-state index in [1.807, 2.05) is 60.7 Å². The summed E-state index contributed by atoms with van der Waals surface area (Å²) >= 11 is 0. The van der Waals surface area contributed by atoms with Crippen molar-refractivity contribution in [1.82, 2.24) is 4.57 Å². The van der Waals surface area contributed by atoms with E-state index in [-0.39, 0.29) is 11.8 Å². The van der Waals surface area contributed by atoms with E-state index in [0.29, 0.717) is 0 Å². The number of hydrogen-bond donors (Lipinski definition) is 0. The van der Waals surface area contributed by atoms with Crippen molar-refractivity contribution in [1.29, 1.82) is 0 Å². The Labute approximate surface area is 331 Å². The van der Waals surface area contributed by atoms with Crippen molar-refractivity contribution in [3.05, 3.63) is 234 Å². The minimum Gasteiger partial charge on any atom is -0.454 e. The Balaban J connectivity index is 1.15. The predicted molar refractivity (Wildman–Crippen MR) is 234 cm³/mol. The second-order valence-corrected chi connectivity index (χ2v) is 18.2. The van der Waals surface area contributed by atoms with Crippen LogP contribution < -0.4 is 20.7 Å². The molecule has 0 N–H and O–H groups in total. The van der Waals surface area contributed by atoms with Crippen molar-refractivity contribution in [2.75, 3.05) is 0 Å². The minimum atomic E-state index is -3.17. The molecule has 4 heteroatoms. The van der Waals surface area contributed by atoms with Crippen molar-refractivity contribution in [3.8, 4) is 28.3 Å². The molecule has 0 saturated heterocycles. The molecular formula is C53H36NO2P. The van der Waals surface area contributed by atoms with E-state index < -0.39 is 12.6 Å². The third-order valence-corrected chi connectivity index (χ3v) is 15.8. The van der Waals surface area contributed by atoms with Crippen LogP contribution in [0.15, 0.2) is 200 Å². The lowest BCUT2D eigenvalue weighted by Crippen LogP contribution is -2.32. The van der Waals surface area contributed by atoms with Gasteiger partial charge in [-0.2, -0.15) is 0 Å². The smallest absolute Gasteiger partial charge is 0.171 e. The highest BCUT2D eigenvalue weighted by molar-refractivity contribution is 7.85. The Bertz CT molecular complexity index is 2990. The summed E-state index contributed by atoms with van der Waals surface area (Å²) in [7, 11) is -3.17. The van der Waals surface area contributed by atoms with Crippen molar-refractivity contribution in [2.45, 2.75) is 11.3 Å². The van der Waals surface area contributed by atoms with Crippen LogP contribution in [0.1, 0.15) is 39.4 Å². The maximum absolute atomic E-state index is 15.4. The lowest BCUT2D eigenvalue weighted by atomic mass is 9.66. The number of ether oxygens (including phenoxy) is 1. The number of rotatable bonds is 4. The Morgan fingerprint density at radius 3 is 1.79 bits per heavy atom. The van der Waals surface area contributed by atoms with Gasteiger partial charge in [0.1, 0.15) is 5.75 Å². The van der Waals surface area contributed by atoms with Crippen molar-refractivity contribution >= 4 is 40.0 Å². The normalized spacial score (nSPS) is 17.6. The predicted octanol–water partition coefficient (Wildman–Crippen LogP) is 11.6. The quantitative estimate of drug-likeness (QED) is 0.168. The number of nitrogens with zero attached hydrogens (tertiary/aromatic N) is 1. The molecule has 12 rings (SSSR count). The number of benzene rings is 7. The molecule has 0 radical (unpaired) electrons. The summed E-state index contributed by atoms with van der Waals surface area (Å²) in [5.41, 5.74) is 11.3. The molecule has 3 aliphatic carbocycles. The van der Waals surface area contributed by atoms with Gasteiger partial charge in [0.2, 0.25) is 0 Å². The van der Waals surface area contributed by atoms with Crippen molar-refractivity contribution in [2.24, 2.45) is 5.92 Å². The van der Waals surface area contributed by atoms with Gasteiger partial charge in [-0.15, -0.1) is 0 Å². The summed E-state index contributed by atoms with van der Waals surface area (Å²) < 4.78 is 25.2. The molecule has 270 valence electrons. The van der Waals surface area contributed by atoms with Gasteiger partial charge in [-0.3, -0.25) is 0 Å². The highest BCUT2D eigenvalue weighted by Crippen LogP contribution is 2.63. The average Bonchev–Trinajstić information content (AvgIpc) is 3.79. The van der Waals surface area contributed by atoms with Gasteiger partial charge in [-0.25, -0.2) is 0 Å². The van der Waals surface area contributed by atoms with Gasteiger partial charge in [-0.1, -0.05) is 176 Å². The fourth-order valence-electron chi connectivity index (χ4n) is 10.3. The molecule has 2 heterocycles. The second kappa shape index (κ2) is 12.2. The van der Waals surface area contributed by atoms with Gasteiger partial charge in [0.25, 0.3) is 0 Å². The summed E-state index contributed by atoms with van der Waals surface area (Å²) in [4.78, 5) is 0. The number of para-hydroxylation sites is 1. The molecule has 2 atom stereocenters. The molecule has 2 unspecified atom stereocenters. The third-order valence-electron chi connectivity index (χ3n) is 12.7. The zero-order chi connectivity index (χ0) is 37.7. The van der Waals surface area contributed by atoms with Crippen LogP contribution in [0.25, 0.3) is 33.8 Å². The zero-order valence-corrected chi connectivity index (χ0v) is 31.9. The highest BCUT2D eigenvalue weighted by Gasteiger charge is 2.52. The van der Waals surface area contributed by atoms with E-state index in [1.165, 1.54) is 33.5 Å². The van der Waals surface area contributed by atoms with Gasteiger partial charge in [0.05, 0.1) is 10.9 Å². The summed E-state index contributed by atoms with van der Waals surface area (Å²) in [5, 5.41) is 3.60. The van der Waals surface area contributed by atoms with Crippen LogP contribution in [-0.4, -0.2) is 4.57 Å². The standard InChI is InChI=1S/C53H36NO2P/c55-57(37-16-3-1-4-17-37,38-18-5-2-6-19-38)39-30-28-36(29-31-39)54-50-40-20-8-7-15-35(40)27-32-43(50)44-33-34-48-52(51(44)54)56-49-26-14-13-25-47(49)53(48)45-23-11-9-21-41(45)42-22-10-12-24-46(42)53/h1-35,40H. The monoisotopic (exact) mass is 749 g/mol. The van der Waals surface area contributed by atoms with Crippen LogP contribution in [0.4, 0.5) is 0 Å². The summed E-state index contributed by atoms with van der Waals surface area (Å²) in [6.45, 7) is 0. The first-order valence-corrected chi connectivity index (χ1v) is 21.4. The number of allylic oxidation sites excluding steroid dienone is 5. The maximum atomic E-state index is 15.4.